The fraction of sp³-hybridized carbons (Fsp3) is 0.333. The summed E-state index contributed by atoms with van der Waals surface area (Å²) in [6.07, 6.45) is 4.22. The maximum atomic E-state index is 13.3. The monoisotopic (exact) mass is 495 g/mol. The van der Waals surface area contributed by atoms with Gasteiger partial charge in [0.05, 0.1) is 17.2 Å². The summed E-state index contributed by atoms with van der Waals surface area (Å²) in [5, 5.41) is 15.2. The second-order valence-electron chi connectivity index (χ2n) is 9.67. The molecule has 2 N–H and O–H groups in total. The molecule has 1 atom stereocenters. The van der Waals surface area contributed by atoms with E-state index in [0.29, 0.717) is 41.5 Å². The second-order valence-corrected chi connectivity index (χ2v) is 9.67. The number of piperidine rings is 1. The van der Waals surface area contributed by atoms with Crippen molar-refractivity contribution in [2.24, 2.45) is 0 Å². The molecule has 3 aromatic rings. The lowest BCUT2D eigenvalue weighted by Gasteiger charge is -2.32. The fourth-order valence-corrected chi connectivity index (χ4v) is 4.47. The highest BCUT2D eigenvalue weighted by Crippen LogP contribution is 2.29. The standard InChI is InChI=1S/C30H33N5O2/c1-4-21(3)33-29(36)26-11-12-28(32-19-26)34-27-17-25(8-5-20(27)2)30(37)35-15-13-24(14-16-35)23-9-6-22(18-31)7-10-23/h5-12,17,19,21,24H,4,13-16H2,1-3H3,(H,32,34)(H,33,36). The van der Waals surface area contributed by atoms with Crippen molar-refractivity contribution in [3.63, 3.8) is 0 Å². The van der Waals surface area contributed by atoms with Crippen molar-refractivity contribution < 1.29 is 9.59 Å². The second kappa shape index (κ2) is 11.7. The number of rotatable bonds is 7. The summed E-state index contributed by atoms with van der Waals surface area (Å²) in [5.41, 5.74) is 4.84. The van der Waals surface area contributed by atoms with Gasteiger partial charge in [-0.3, -0.25) is 9.59 Å². The molecule has 0 bridgehead atoms. The Hall–Kier alpha value is -4.18. The van der Waals surface area contributed by atoms with Gasteiger partial charge in [-0.05, 0) is 86.6 Å². The summed E-state index contributed by atoms with van der Waals surface area (Å²) < 4.78 is 0. The predicted octanol–water partition coefficient (Wildman–Crippen LogP) is 5.55. The average Bonchev–Trinajstić information content (AvgIpc) is 2.94. The van der Waals surface area contributed by atoms with Crippen molar-refractivity contribution in [2.45, 2.75) is 52.0 Å². The van der Waals surface area contributed by atoms with Crippen LogP contribution in [0.5, 0.6) is 0 Å². The maximum absolute atomic E-state index is 13.3. The third-order valence-electron chi connectivity index (χ3n) is 7.06. The number of amides is 2. The van der Waals surface area contributed by atoms with Crippen LogP contribution in [0, 0.1) is 18.3 Å². The van der Waals surface area contributed by atoms with E-state index in [-0.39, 0.29) is 17.9 Å². The Bertz CT molecular complexity index is 1290. The summed E-state index contributed by atoms with van der Waals surface area (Å²) in [6.45, 7) is 7.37. The summed E-state index contributed by atoms with van der Waals surface area (Å²) in [4.78, 5) is 31.9. The molecule has 1 saturated heterocycles. The van der Waals surface area contributed by atoms with Crippen LogP contribution < -0.4 is 10.6 Å². The van der Waals surface area contributed by atoms with Gasteiger partial charge in [-0.15, -0.1) is 0 Å². The van der Waals surface area contributed by atoms with Crippen LogP contribution >= 0.6 is 0 Å². The van der Waals surface area contributed by atoms with Crippen molar-refractivity contribution >= 4 is 23.3 Å². The summed E-state index contributed by atoms with van der Waals surface area (Å²) in [7, 11) is 0. The van der Waals surface area contributed by atoms with Gasteiger partial charge in [0.2, 0.25) is 0 Å². The normalized spacial score (nSPS) is 14.5. The van der Waals surface area contributed by atoms with Crippen LogP contribution in [0.1, 0.15) is 76.4 Å². The molecular weight excluding hydrogens is 462 g/mol. The fourth-order valence-electron chi connectivity index (χ4n) is 4.47. The van der Waals surface area contributed by atoms with E-state index in [1.54, 1.807) is 18.3 Å². The Kier molecular flexibility index (Phi) is 8.19. The van der Waals surface area contributed by atoms with Gasteiger partial charge < -0.3 is 15.5 Å². The largest absolute Gasteiger partial charge is 0.350 e. The molecule has 2 aromatic carbocycles. The van der Waals surface area contributed by atoms with Crippen LogP contribution in [0.4, 0.5) is 11.5 Å². The molecule has 0 saturated carbocycles. The Labute approximate surface area is 218 Å². The molecule has 4 rings (SSSR count). The zero-order valence-electron chi connectivity index (χ0n) is 21.6. The molecule has 1 fully saturated rings. The van der Waals surface area contributed by atoms with E-state index in [0.717, 1.165) is 30.5 Å². The van der Waals surface area contributed by atoms with Gasteiger partial charge in [-0.2, -0.15) is 5.26 Å². The van der Waals surface area contributed by atoms with E-state index in [1.807, 2.05) is 68.1 Å². The zero-order valence-corrected chi connectivity index (χ0v) is 21.6. The molecule has 0 spiro atoms. The first-order valence-corrected chi connectivity index (χ1v) is 12.8. The third-order valence-corrected chi connectivity index (χ3v) is 7.06. The molecule has 2 heterocycles. The number of nitrogens with zero attached hydrogens (tertiary/aromatic N) is 3. The molecular formula is C30H33N5O2. The van der Waals surface area contributed by atoms with E-state index in [4.69, 9.17) is 5.26 Å². The molecule has 1 unspecified atom stereocenters. The number of hydrogen-bond donors (Lipinski definition) is 2. The molecule has 190 valence electrons. The van der Waals surface area contributed by atoms with Crippen LogP contribution in [0.3, 0.4) is 0 Å². The number of anilines is 2. The van der Waals surface area contributed by atoms with Crippen molar-refractivity contribution in [1.29, 1.82) is 5.26 Å². The summed E-state index contributed by atoms with van der Waals surface area (Å²) >= 11 is 0. The minimum atomic E-state index is -0.139. The summed E-state index contributed by atoms with van der Waals surface area (Å²) in [6, 6.07) is 19.2. The van der Waals surface area contributed by atoms with E-state index in [2.05, 4.69) is 21.7 Å². The highest BCUT2D eigenvalue weighted by atomic mass is 16.2. The minimum Gasteiger partial charge on any atom is -0.350 e. The number of carbonyl (C=O) groups is 2. The Morgan fingerprint density at radius 2 is 1.78 bits per heavy atom. The van der Waals surface area contributed by atoms with E-state index >= 15 is 0 Å². The van der Waals surface area contributed by atoms with E-state index in [1.165, 1.54) is 5.56 Å². The van der Waals surface area contributed by atoms with Crippen LogP contribution in [-0.4, -0.2) is 40.8 Å². The molecule has 7 nitrogen and oxygen atoms in total. The first kappa shape index (κ1) is 25.9. The zero-order chi connectivity index (χ0) is 26.4. The number of nitrogens with one attached hydrogen (secondary N) is 2. The van der Waals surface area contributed by atoms with Crippen molar-refractivity contribution in [1.82, 2.24) is 15.2 Å². The first-order valence-electron chi connectivity index (χ1n) is 12.8. The minimum absolute atomic E-state index is 0.0198. The van der Waals surface area contributed by atoms with Gasteiger partial charge in [0.1, 0.15) is 5.82 Å². The lowest BCUT2D eigenvalue weighted by molar-refractivity contribution is 0.0713. The van der Waals surface area contributed by atoms with Gasteiger partial charge in [0.15, 0.2) is 0 Å². The van der Waals surface area contributed by atoms with Gasteiger partial charge in [-0.1, -0.05) is 25.1 Å². The third kappa shape index (κ3) is 6.34. The summed E-state index contributed by atoms with van der Waals surface area (Å²) in [5.74, 6) is 0.885. The lowest BCUT2D eigenvalue weighted by atomic mass is 9.89. The number of aromatic nitrogens is 1. The lowest BCUT2D eigenvalue weighted by Crippen LogP contribution is -2.37. The molecule has 1 aliphatic rings. The van der Waals surface area contributed by atoms with Crippen LogP contribution in [0.2, 0.25) is 0 Å². The smallest absolute Gasteiger partial charge is 0.253 e. The Balaban J connectivity index is 1.39. The molecule has 1 aliphatic heterocycles. The molecule has 37 heavy (non-hydrogen) atoms. The van der Waals surface area contributed by atoms with Crippen LogP contribution in [0.25, 0.3) is 0 Å². The number of hydrogen-bond acceptors (Lipinski definition) is 5. The van der Waals surface area contributed by atoms with Crippen molar-refractivity contribution in [3.05, 3.63) is 88.6 Å². The van der Waals surface area contributed by atoms with Crippen LogP contribution in [-0.2, 0) is 0 Å². The predicted molar refractivity (Wildman–Crippen MR) is 145 cm³/mol. The van der Waals surface area contributed by atoms with Crippen molar-refractivity contribution in [3.8, 4) is 6.07 Å². The van der Waals surface area contributed by atoms with Gasteiger partial charge in [0, 0.05) is 36.6 Å². The van der Waals surface area contributed by atoms with Crippen LogP contribution in [0.15, 0.2) is 60.8 Å². The SMILES string of the molecule is CCC(C)NC(=O)c1ccc(Nc2cc(C(=O)N3CCC(c4ccc(C#N)cc4)CC3)ccc2C)nc1. The highest BCUT2D eigenvalue weighted by molar-refractivity contribution is 5.96. The number of nitriles is 1. The quantitative estimate of drug-likeness (QED) is 0.448. The molecule has 0 aliphatic carbocycles. The Morgan fingerprint density at radius 1 is 1.08 bits per heavy atom. The van der Waals surface area contributed by atoms with Gasteiger partial charge >= 0.3 is 0 Å². The topological polar surface area (TPSA) is 98.1 Å². The number of likely N-dealkylation sites (tertiary alicyclic amines) is 1. The number of pyridine rings is 1. The molecule has 1 aromatic heterocycles. The Morgan fingerprint density at radius 3 is 2.41 bits per heavy atom. The van der Waals surface area contributed by atoms with E-state index in [9.17, 15) is 9.59 Å². The van der Waals surface area contributed by atoms with Gasteiger partial charge in [0.25, 0.3) is 11.8 Å². The molecule has 7 heteroatoms. The number of aryl methyl sites for hydroxylation is 1. The number of benzene rings is 2. The highest BCUT2D eigenvalue weighted by Gasteiger charge is 2.25. The molecule has 0 radical (unpaired) electrons. The van der Waals surface area contributed by atoms with E-state index < -0.39 is 0 Å². The van der Waals surface area contributed by atoms with Crippen molar-refractivity contribution in [2.75, 3.05) is 18.4 Å². The maximum Gasteiger partial charge on any atom is 0.253 e. The molecule has 2 amide bonds. The average molecular weight is 496 g/mol. The van der Waals surface area contributed by atoms with Gasteiger partial charge in [-0.25, -0.2) is 4.98 Å². The first-order chi connectivity index (χ1) is 17.9. The number of carbonyl (C=O) groups excluding carboxylic acids is 2.